The lowest BCUT2D eigenvalue weighted by molar-refractivity contribution is -0.754. The molecule has 2 aromatic carbocycles. The van der Waals surface area contributed by atoms with Crippen molar-refractivity contribution in [3.05, 3.63) is 78.2 Å². The third-order valence-corrected chi connectivity index (χ3v) is 4.49. The molecule has 164 valence electrons. The van der Waals surface area contributed by atoms with E-state index in [2.05, 4.69) is 20.7 Å². The Hall–Kier alpha value is -4.15. The average molecular weight is 442 g/mol. The van der Waals surface area contributed by atoms with Crippen LogP contribution in [0, 0.1) is 0 Å². The van der Waals surface area contributed by atoms with Crippen LogP contribution in [0.5, 0.6) is 0 Å². The van der Waals surface area contributed by atoms with Crippen LogP contribution in [0.1, 0.15) is 11.1 Å². The summed E-state index contributed by atoms with van der Waals surface area (Å²) in [6.45, 7) is 0.377. The van der Waals surface area contributed by atoms with Crippen LogP contribution in [0.25, 0.3) is 11.1 Å². The van der Waals surface area contributed by atoms with E-state index in [-0.39, 0.29) is 11.6 Å². The summed E-state index contributed by atoms with van der Waals surface area (Å²) in [5, 5.41) is 22.3. The summed E-state index contributed by atoms with van der Waals surface area (Å²) >= 11 is 0. The molecule has 8 nitrogen and oxygen atoms in total. The molecule has 1 N–H and O–H groups in total. The van der Waals surface area contributed by atoms with Crippen molar-refractivity contribution >= 4 is 17.6 Å². The van der Waals surface area contributed by atoms with Crippen LogP contribution in [-0.4, -0.2) is 21.1 Å². The minimum atomic E-state index is -4.51. The molecule has 0 aliphatic rings. The van der Waals surface area contributed by atoms with Gasteiger partial charge in [0.1, 0.15) is 0 Å². The van der Waals surface area contributed by atoms with Crippen molar-refractivity contribution in [1.29, 1.82) is 0 Å². The van der Waals surface area contributed by atoms with Gasteiger partial charge in [-0.25, -0.2) is 4.99 Å². The normalized spacial score (nSPS) is 12.2. The molecule has 2 heterocycles. The molecule has 0 unspecified atom stereocenters. The first-order valence-corrected chi connectivity index (χ1v) is 9.41. The van der Waals surface area contributed by atoms with E-state index in [1.165, 1.54) is 23.0 Å². The number of amidine groups is 1. The maximum atomic E-state index is 12.8. The number of aliphatic imine (C=N–C) groups is 1. The summed E-state index contributed by atoms with van der Waals surface area (Å²) in [4.78, 5) is 3.67. The molecular weight excluding hydrogens is 425 g/mol. The number of aromatic nitrogens is 4. The molecule has 0 spiro atoms. The van der Waals surface area contributed by atoms with Crippen LogP contribution in [0.4, 0.5) is 24.7 Å². The van der Waals surface area contributed by atoms with Crippen molar-refractivity contribution in [1.82, 2.24) is 15.1 Å². The van der Waals surface area contributed by atoms with E-state index in [4.69, 9.17) is 4.52 Å². The minimum Gasteiger partial charge on any atom is -0.846 e. The quantitative estimate of drug-likeness (QED) is 0.291. The highest BCUT2D eigenvalue weighted by molar-refractivity contribution is 5.87. The SMILES string of the molecule is Cn1cc(-c2ccc(C[n+]3cc(N=C([O-])Nc4cccc(C(F)(F)F)c4)on3)cc2)cn1. The second-order valence-electron chi connectivity index (χ2n) is 6.96. The molecule has 4 rings (SSSR count). The van der Waals surface area contributed by atoms with Crippen LogP contribution in [0.15, 0.2) is 76.6 Å². The molecular formula is C21H17F3N6O2. The zero-order valence-corrected chi connectivity index (χ0v) is 16.7. The monoisotopic (exact) mass is 442 g/mol. The largest absolute Gasteiger partial charge is 0.846 e. The Morgan fingerprint density at radius 2 is 1.97 bits per heavy atom. The molecule has 0 saturated carbocycles. The lowest BCUT2D eigenvalue weighted by Gasteiger charge is -2.14. The molecule has 2 aromatic heterocycles. The van der Waals surface area contributed by atoms with Gasteiger partial charge < -0.3 is 10.4 Å². The molecule has 0 radical (unpaired) electrons. The summed E-state index contributed by atoms with van der Waals surface area (Å²) in [5.41, 5.74) is 2.06. The Kier molecular flexibility index (Phi) is 5.63. The zero-order chi connectivity index (χ0) is 22.7. The molecule has 4 aromatic rings. The van der Waals surface area contributed by atoms with E-state index >= 15 is 0 Å². The molecule has 0 atom stereocenters. The minimum absolute atomic E-state index is 0.0327. The van der Waals surface area contributed by atoms with Gasteiger partial charge in [0.15, 0.2) is 0 Å². The molecule has 0 aliphatic heterocycles. The van der Waals surface area contributed by atoms with Crippen molar-refractivity contribution in [2.45, 2.75) is 12.7 Å². The smallest absolute Gasteiger partial charge is 0.416 e. The van der Waals surface area contributed by atoms with Gasteiger partial charge >= 0.3 is 12.1 Å². The Balaban J connectivity index is 1.40. The first-order valence-electron chi connectivity index (χ1n) is 9.41. The summed E-state index contributed by atoms with van der Waals surface area (Å²) in [6.07, 6.45) is 0.602. The van der Waals surface area contributed by atoms with Gasteiger partial charge in [0.25, 0.3) is 6.20 Å². The van der Waals surface area contributed by atoms with Crippen molar-refractivity contribution < 1.29 is 27.5 Å². The number of rotatable bonds is 5. The molecule has 0 bridgehead atoms. The first-order chi connectivity index (χ1) is 15.3. The molecule has 0 saturated heterocycles. The average Bonchev–Trinajstić information content (AvgIpc) is 3.37. The summed E-state index contributed by atoms with van der Waals surface area (Å²) in [7, 11) is 1.85. The molecule has 0 fully saturated rings. The number of aryl methyl sites for hydroxylation is 1. The van der Waals surface area contributed by atoms with Gasteiger partial charge in [-0.2, -0.15) is 18.3 Å². The number of nitrogens with one attached hydrogen (secondary N) is 1. The second kappa shape index (κ2) is 8.53. The lowest BCUT2D eigenvalue weighted by Crippen LogP contribution is -2.35. The van der Waals surface area contributed by atoms with E-state index < -0.39 is 17.8 Å². The van der Waals surface area contributed by atoms with E-state index in [0.717, 1.165) is 28.8 Å². The van der Waals surface area contributed by atoms with Crippen LogP contribution in [0.2, 0.25) is 0 Å². The van der Waals surface area contributed by atoms with Crippen molar-refractivity contribution in [3.8, 4) is 11.1 Å². The molecule has 11 heteroatoms. The maximum Gasteiger partial charge on any atom is 0.416 e. The third-order valence-electron chi connectivity index (χ3n) is 4.49. The lowest BCUT2D eigenvalue weighted by atomic mass is 10.1. The molecule has 0 aliphatic carbocycles. The zero-order valence-electron chi connectivity index (χ0n) is 16.7. The summed E-state index contributed by atoms with van der Waals surface area (Å²) in [5.74, 6) is -0.0820. The number of hydrogen-bond acceptors (Lipinski definition) is 5. The van der Waals surface area contributed by atoms with Gasteiger partial charge in [0.2, 0.25) is 11.8 Å². The number of halogens is 3. The molecule has 0 amide bonds. The van der Waals surface area contributed by atoms with E-state index in [1.807, 2.05) is 37.5 Å². The summed E-state index contributed by atoms with van der Waals surface area (Å²) < 4.78 is 46.5. The van der Waals surface area contributed by atoms with Crippen molar-refractivity contribution in [2.24, 2.45) is 12.0 Å². The topological polar surface area (TPSA) is 95.2 Å². The predicted molar refractivity (Wildman–Crippen MR) is 107 cm³/mol. The van der Waals surface area contributed by atoms with Crippen molar-refractivity contribution in [3.63, 3.8) is 0 Å². The van der Waals surface area contributed by atoms with Gasteiger partial charge in [-0.15, -0.1) is 0 Å². The van der Waals surface area contributed by atoms with Gasteiger partial charge in [-0.1, -0.05) is 30.3 Å². The molecule has 32 heavy (non-hydrogen) atoms. The Morgan fingerprint density at radius 3 is 2.66 bits per heavy atom. The number of benzene rings is 2. The van der Waals surface area contributed by atoms with Crippen molar-refractivity contribution in [2.75, 3.05) is 5.32 Å². The number of hydrogen-bond donors (Lipinski definition) is 1. The Morgan fingerprint density at radius 1 is 1.19 bits per heavy atom. The van der Waals surface area contributed by atoms with Gasteiger partial charge in [-0.05, 0) is 28.4 Å². The number of nitrogens with zero attached hydrogens (tertiary/aromatic N) is 5. The summed E-state index contributed by atoms with van der Waals surface area (Å²) in [6, 6.07) is 11.2. The Labute approximate surface area is 180 Å². The van der Waals surface area contributed by atoms with Gasteiger partial charge in [-0.3, -0.25) is 9.20 Å². The van der Waals surface area contributed by atoms with Crippen LogP contribution >= 0.6 is 0 Å². The highest BCUT2D eigenvalue weighted by Crippen LogP contribution is 2.30. The fraction of sp³-hybridized carbons (Fsp3) is 0.143. The van der Waals surface area contributed by atoms with Gasteiger partial charge in [0.05, 0.1) is 17.8 Å². The van der Waals surface area contributed by atoms with E-state index in [1.54, 1.807) is 10.9 Å². The fourth-order valence-corrected chi connectivity index (χ4v) is 2.98. The maximum absolute atomic E-state index is 12.8. The Bertz CT molecular complexity index is 1240. The van der Waals surface area contributed by atoms with Crippen LogP contribution in [-0.2, 0) is 19.8 Å². The number of alkyl halides is 3. The van der Waals surface area contributed by atoms with E-state index in [9.17, 15) is 18.3 Å². The van der Waals surface area contributed by atoms with Crippen LogP contribution in [0.3, 0.4) is 0 Å². The first kappa shape index (κ1) is 21.1. The van der Waals surface area contributed by atoms with Gasteiger partial charge in [0, 0.05) is 30.1 Å². The second-order valence-corrected chi connectivity index (χ2v) is 6.96. The fourth-order valence-electron chi connectivity index (χ4n) is 2.98. The number of anilines is 1. The van der Waals surface area contributed by atoms with E-state index in [0.29, 0.717) is 6.54 Å². The third kappa shape index (κ3) is 5.12. The van der Waals surface area contributed by atoms with Crippen LogP contribution < -0.4 is 15.1 Å². The predicted octanol–water partition coefficient (Wildman–Crippen LogP) is 2.89. The highest BCUT2D eigenvalue weighted by Gasteiger charge is 2.30. The highest BCUT2D eigenvalue weighted by atomic mass is 19.4. The standard InChI is InChI=1S/C21H17F3N6O2/c1-29-12-16(10-25-29)15-7-5-14(6-8-15)11-30-13-19(32-28-30)27-20(31)26-18-4-2-3-17(9-18)21(22,23)24/h2-10,12-13H,11H2,1H3,(H-,26,27,28,31).